The van der Waals surface area contributed by atoms with Gasteiger partial charge in [-0.15, -0.1) is 0 Å². The molecule has 22 heavy (non-hydrogen) atoms. The van der Waals surface area contributed by atoms with E-state index in [9.17, 15) is 14.7 Å². The average molecular weight is 298 g/mol. The molecule has 0 unspecified atom stereocenters. The van der Waals surface area contributed by atoms with Gasteiger partial charge in [0.1, 0.15) is 0 Å². The van der Waals surface area contributed by atoms with Gasteiger partial charge in [0.2, 0.25) is 0 Å². The van der Waals surface area contributed by atoms with Crippen LogP contribution >= 0.6 is 0 Å². The molecule has 0 radical (unpaired) electrons. The van der Waals surface area contributed by atoms with Gasteiger partial charge in [0.05, 0.1) is 5.92 Å². The van der Waals surface area contributed by atoms with Crippen LogP contribution in [-0.2, 0) is 4.79 Å². The van der Waals surface area contributed by atoms with Crippen molar-refractivity contribution in [1.29, 1.82) is 0 Å². The summed E-state index contributed by atoms with van der Waals surface area (Å²) in [7, 11) is 0. The monoisotopic (exact) mass is 298 g/mol. The van der Waals surface area contributed by atoms with Crippen molar-refractivity contribution in [2.45, 2.75) is 31.7 Å². The van der Waals surface area contributed by atoms with E-state index in [1.807, 2.05) is 12.1 Å². The molecule has 1 saturated carbocycles. The first-order valence-electron chi connectivity index (χ1n) is 7.52. The molecule has 0 saturated heterocycles. The SMILES string of the molecule is O=C(N[C@H]1CCCC[C@H]1C(=O)O)c1ccc2ccncc2c1. The van der Waals surface area contributed by atoms with Crippen LogP contribution < -0.4 is 5.32 Å². The number of fused-ring (bicyclic) bond motifs is 1. The molecular weight excluding hydrogens is 280 g/mol. The summed E-state index contributed by atoms with van der Waals surface area (Å²) in [5.41, 5.74) is 0.537. The molecule has 1 aromatic carbocycles. The highest BCUT2D eigenvalue weighted by Crippen LogP contribution is 2.25. The number of benzene rings is 1. The summed E-state index contributed by atoms with van der Waals surface area (Å²) in [5.74, 6) is -1.53. The van der Waals surface area contributed by atoms with Crippen molar-refractivity contribution in [1.82, 2.24) is 10.3 Å². The van der Waals surface area contributed by atoms with Crippen molar-refractivity contribution in [3.05, 3.63) is 42.2 Å². The standard InChI is InChI=1S/C17H18N2O3/c20-16(19-15-4-2-1-3-14(15)17(21)22)12-6-5-11-7-8-18-10-13(11)9-12/h5-10,14-15H,1-4H2,(H,19,20)(H,21,22)/t14-,15+/m1/s1. The van der Waals surface area contributed by atoms with E-state index in [0.717, 1.165) is 30.0 Å². The van der Waals surface area contributed by atoms with Crippen molar-refractivity contribution < 1.29 is 14.7 Å². The number of aromatic nitrogens is 1. The minimum absolute atomic E-state index is 0.219. The number of nitrogens with zero attached hydrogens (tertiary/aromatic N) is 1. The fraction of sp³-hybridized carbons (Fsp3) is 0.353. The fourth-order valence-corrected chi connectivity index (χ4v) is 3.08. The molecule has 1 aromatic heterocycles. The molecule has 2 N–H and O–H groups in total. The van der Waals surface area contributed by atoms with E-state index in [2.05, 4.69) is 10.3 Å². The predicted molar refractivity (Wildman–Crippen MR) is 82.6 cm³/mol. The van der Waals surface area contributed by atoms with E-state index in [1.165, 1.54) is 0 Å². The molecule has 0 aliphatic heterocycles. The van der Waals surface area contributed by atoms with Crippen LogP contribution in [0, 0.1) is 5.92 Å². The highest BCUT2D eigenvalue weighted by Gasteiger charge is 2.31. The number of carboxylic acid groups (broad SMARTS) is 1. The Morgan fingerprint density at radius 1 is 1.14 bits per heavy atom. The summed E-state index contributed by atoms with van der Waals surface area (Å²) in [5, 5.41) is 14.1. The zero-order valence-electron chi connectivity index (χ0n) is 12.2. The number of carboxylic acids is 1. The molecule has 1 fully saturated rings. The third-order valence-electron chi connectivity index (χ3n) is 4.30. The summed E-state index contributed by atoms with van der Waals surface area (Å²) in [6, 6.07) is 7.02. The summed E-state index contributed by atoms with van der Waals surface area (Å²) in [4.78, 5) is 27.8. The molecule has 5 nitrogen and oxygen atoms in total. The first kappa shape index (κ1) is 14.5. The van der Waals surface area contributed by atoms with Gasteiger partial charge in [-0.05, 0) is 36.4 Å². The van der Waals surface area contributed by atoms with E-state index >= 15 is 0 Å². The van der Waals surface area contributed by atoms with Crippen LogP contribution in [0.2, 0.25) is 0 Å². The van der Waals surface area contributed by atoms with Gasteiger partial charge >= 0.3 is 5.97 Å². The smallest absolute Gasteiger partial charge is 0.308 e. The lowest BCUT2D eigenvalue weighted by Crippen LogP contribution is -2.45. The lowest BCUT2D eigenvalue weighted by atomic mass is 9.84. The molecule has 3 rings (SSSR count). The Balaban J connectivity index is 1.78. The van der Waals surface area contributed by atoms with Gasteiger partial charge in [-0.1, -0.05) is 18.9 Å². The van der Waals surface area contributed by atoms with Gasteiger partial charge in [-0.3, -0.25) is 14.6 Å². The first-order chi connectivity index (χ1) is 10.6. The molecule has 2 atom stereocenters. The van der Waals surface area contributed by atoms with Crippen molar-refractivity contribution in [2.24, 2.45) is 5.92 Å². The number of carbonyl (C=O) groups excluding carboxylic acids is 1. The molecule has 1 amide bonds. The van der Waals surface area contributed by atoms with Crippen LogP contribution in [0.3, 0.4) is 0 Å². The molecule has 1 aliphatic rings. The number of pyridine rings is 1. The highest BCUT2D eigenvalue weighted by atomic mass is 16.4. The lowest BCUT2D eigenvalue weighted by Gasteiger charge is -2.29. The van der Waals surface area contributed by atoms with Crippen molar-refractivity contribution in [2.75, 3.05) is 0 Å². The third kappa shape index (κ3) is 2.93. The van der Waals surface area contributed by atoms with Gasteiger partial charge in [-0.25, -0.2) is 0 Å². The van der Waals surface area contributed by atoms with E-state index in [4.69, 9.17) is 0 Å². The minimum Gasteiger partial charge on any atom is -0.481 e. The maximum atomic E-state index is 12.4. The minimum atomic E-state index is -0.826. The molecule has 2 aromatic rings. The van der Waals surface area contributed by atoms with Crippen molar-refractivity contribution in [3.63, 3.8) is 0 Å². The number of carbonyl (C=O) groups is 2. The molecule has 1 aliphatic carbocycles. The summed E-state index contributed by atoms with van der Waals surface area (Å²) in [6.07, 6.45) is 6.63. The van der Waals surface area contributed by atoms with Crippen molar-refractivity contribution in [3.8, 4) is 0 Å². The Morgan fingerprint density at radius 3 is 2.77 bits per heavy atom. The van der Waals surface area contributed by atoms with E-state index in [1.54, 1.807) is 24.5 Å². The largest absolute Gasteiger partial charge is 0.481 e. The van der Waals surface area contributed by atoms with Gasteiger partial charge in [0, 0.05) is 29.4 Å². The van der Waals surface area contributed by atoms with Crippen LogP contribution in [-0.4, -0.2) is 28.0 Å². The third-order valence-corrected chi connectivity index (χ3v) is 4.30. The molecule has 114 valence electrons. The van der Waals surface area contributed by atoms with E-state index < -0.39 is 11.9 Å². The van der Waals surface area contributed by atoms with Crippen LogP contribution in [0.5, 0.6) is 0 Å². The molecular formula is C17H18N2O3. The summed E-state index contributed by atoms with van der Waals surface area (Å²) in [6.45, 7) is 0. The van der Waals surface area contributed by atoms with Gasteiger partial charge < -0.3 is 10.4 Å². The zero-order valence-corrected chi connectivity index (χ0v) is 12.2. The Kier molecular flexibility index (Phi) is 4.04. The predicted octanol–water partition coefficient (Wildman–Crippen LogP) is 2.61. The number of hydrogen-bond donors (Lipinski definition) is 2. The number of aliphatic carboxylic acids is 1. The number of rotatable bonds is 3. The molecule has 0 spiro atoms. The van der Waals surface area contributed by atoms with E-state index in [0.29, 0.717) is 12.0 Å². The molecule has 5 heteroatoms. The normalized spacial score (nSPS) is 21.5. The second kappa shape index (κ2) is 6.13. The number of nitrogens with one attached hydrogen (secondary N) is 1. The maximum Gasteiger partial charge on any atom is 0.308 e. The highest BCUT2D eigenvalue weighted by molar-refractivity contribution is 5.98. The first-order valence-corrected chi connectivity index (χ1v) is 7.52. The Bertz CT molecular complexity index is 714. The van der Waals surface area contributed by atoms with Crippen LogP contribution in [0.1, 0.15) is 36.0 Å². The Hall–Kier alpha value is -2.43. The number of hydrogen-bond acceptors (Lipinski definition) is 3. The van der Waals surface area contributed by atoms with E-state index in [-0.39, 0.29) is 11.9 Å². The fourth-order valence-electron chi connectivity index (χ4n) is 3.08. The Labute approximate surface area is 128 Å². The summed E-state index contributed by atoms with van der Waals surface area (Å²) >= 11 is 0. The van der Waals surface area contributed by atoms with Gasteiger partial charge in [0.25, 0.3) is 5.91 Å². The second-order valence-corrected chi connectivity index (χ2v) is 5.75. The van der Waals surface area contributed by atoms with Gasteiger partial charge in [-0.2, -0.15) is 0 Å². The Morgan fingerprint density at radius 2 is 1.95 bits per heavy atom. The topological polar surface area (TPSA) is 79.3 Å². The van der Waals surface area contributed by atoms with Crippen LogP contribution in [0.4, 0.5) is 0 Å². The quantitative estimate of drug-likeness (QED) is 0.913. The average Bonchev–Trinajstić information content (AvgIpc) is 2.54. The second-order valence-electron chi connectivity index (χ2n) is 5.75. The zero-order chi connectivity index (χ0) is 15.5. The maximum absolute atomic E-state index is 12.4. The van der Waals surface area contributed by atoms with Gasteiger partial charge in [0.15, 0.2) is 0 Å². The summed E-state index contributed by atoms with van der Waals surface area (Å²) < 4.78 is 0. The van der Waals surface area contributed by atoms with Crippen LogP contribution in [0.25, 0.3) is 10.8 Å². The number of amides is 1. The molecule has 1 heterocycles. The molecule has 0 bridgehead atoms. The van der Waals surface area contributed by atoms with Crippen LogP contribution in [0.15, 0.2) is 36.7 Å². The van der Waals surface area contributed by atoms with Crippen molar-refractivity contribution >= 4 is 22.6 Å². The lowest BCUT2D eigenvalue weighted by molar-refractivity contribution is -0.143.